The van der Waals surface area contributed by atoms with E-state index in [1.54, 1.807) is 0 Å². The molecule has 1 aliphatic heterocycles. The van der Waals surface area contributed by atoms with E-state index in [-0.39, 0.29) is 0 Å². The predicted octanol–water partition coefficient (Wildman–Crippen LogP) is 12.9. The number of rotatable bonds is 5. The van der Waals surface area contributed by atoms with Gasteiger partial charge in [0.25, 0.3) is 0 Å². The van der Waals surface area contributed by atoms with Crippen LogP contribution in [0.1, 0.15) is 0 Å². The van der Waals surface area contributed by atoms with Crippen molar-refractivity contribution in [3.8, 4) is 78.8 Å². The molecule has 10 rings (SSSR count). The Labute approximate surface area is 296 Å². The van der Waals surface area contributed by atoms with Gasteiger partial charge in [0, 0.05) is 27.6 Å². The molecule has 0 spiro atoms. The van der Waals surface area contributed by atoms with E-state index in [1.807, 2.05) is 36.4 Å². The van der Waals surface area contributed by atoms with Crippen LogP contribution < -0.4 is 4.74 Å². The molecule has 0 bridgehead atoms. The fraction of sp³-hybridized carbons (Fsp3) is 0. The molecule has 8 aromatic carbocycles. The molecule has 0 fully saturated rings. The summed E-state index contributed by atoms with van der Waals surface area (Å²) in [7, 11) is 0. The van der Waals surface area contributed by atoms with Crippen molar-refractivity contribution in [1.82, 2.24) is 9.97 Å². The van der Waals surface area contributed by atoms with Crippen molar-refractivity contribution in [2.24, 2.45) is 0 Å². The Bertz CT molecular complexity index is 2690. The number of nitrogens with zero attached hydrogens (tertiary/aromatic N) is 2. The first-order valence-electron chi connectivity index (χ1n) is 17.2. The maximum absolute atomic E-state index is 6.35. The number of hydrogen-bond acceptors (Lipinski definition) is 3. The molecule has 1 aromatic heterocycles. The largest absolute Gasteiger partial charge is 0.456 e. The molecule has 0 N–H and O–H groups in total. The van der Waals surface area contributed by atoms with E-state index in [0.29, 0.717) is 5.82 Å². The lowest BCUT2D eigenvalue weighted by Gasteiger charge is -2.22. The van der Waals surface area contributed by atoms with Crippen LogP contribution >= 0.6 is 0 Å². The Kier molecular flexibility index (Phi) is 6.81. The summed E-state index contributed by atoms with van der Waals surface area (Å²) >= 11 is 0. The highest BCUT2D eigenvalue weighted by Crippen LogP contribution is 2.47. The van der Waals surface area contributed by atoms with Crippen LogP contribution in [-0.2, 0) is 0 Å². The second kappa shape index (κ2) is 11.9. The zero-order valence-electron chi connectivity index (χ0n) is 27.6. The first-order chi connectivity index (χ1) is 25.3. The van der Waals surface area contributed by atoms with Gasteiger partial charge in [-0.05, 0) is 68.2 Å². The number of fused-ring (bicyclic) bond motifs is 3. The predicted molar refractivity (Wildman–Crippen MR) is 210 cm³/mol. The first-order valence-corrected chi connectivity index (χ1v) is 17.2. The van der Waals surface area contributed by atoms with Crippen LogP contribution in [-0.4, -0.2) is 9.97 Å². The average molecular weight is 651 g/mol. The van der Waals surface area contributed by atoms with Gasteiger partial charge in [0.2, 0.25) is 0 Å². The molecule has 0 amide bonds. The van der Waals surface area contributed by atoms with Gasteiger partial charge in [0.15, 0.2) is 5.82 Å². The molecule has 0 saturated carbocycles. The van der Waals surface area contributed by atoms with Crippen LogP contribution in [0.25, 0.3) is 88.8 Å². The summed E-state index contributed by atoms with van der Waals surface area (Å²) in [6, 6.07) is 63.9. The zero-order valence-corrected chi connectivity index (χ0v) is 27.6. The quantitative estimate of drug-likeness (QED) is 0.186. The van der Waals surface area contributed by atoms with Crippen molar-refractivity contribution in [2.75, 3.05) is 0 Å². The summed E-state index contributed by atoms with van der Waals surface area (Å²) in [6.45, 7) is 0. The minimum Gasteiger partial charge on any atom is -0.456 e. The van der Waals surface area contributed by atoms with Crippen LogP contribution in [0.5, 0.6) is 11.5 Å². The highest BCUT2D eigenvalue weighted by Gasteiger charge is 2.20. The van der Waals surface area contributed by atoms with Crippen LogP contribution in [0.15, 0.2) is 182 Å². The summed E-state index contributed by atoms with van der Waals surface area (Å²) in [5, 5.41) is 4.70. The lowest BCUT2D eigenvalue weighted by molar-refractivity contribution is 0.487. The maximum atomic E-state index is 6.35. The average Bonchev–Trinajstić information content (AvgIpc) is 3.21. The van der Waals surface area contributed by atoms with E-state index >= 15 is 0 Å². The van der Waals surface area contributed by atoms with E-state index in [2.05, 4.69) is 146 Å². The first kappa shape index (κ1) is 29.1. The molecule has 3 heteroatoms. The normalized spacial score (nSPS) is 11.7. The van der Waals surface area contributed by atoms with E-state index in [0.717, 1.165) is 61.7 Å². The van der Waals surface area contributed by atoms with Gasteiger partial charge in [-0.3, -0.25) is 0 Å². The van der Waals surface area contributed by atoms with Crippen molar-refractivity contribution in [2.45, 2.75) is 0 Å². The molecule has 0 radical (unpaired) electrons. The van der Waals surface area contributed by atoms with Crippen molar-refractivity contribution in [1.29, 1.82) is 0 Å². The molecule has 51 heavy (non-hydrogen) atoms. The van der Waals surface area contributed by atoms with Gasteiger partial charge >= 0.3 is 0 Å². The fourth-order valence-electron chi connectivity index (χ4n) is 7.42. The van der Waals surface area contributed by atoms with Gasteiger partial charge in [0.1, 0.15) is 11.5 Å². The molecule has 9 aromatic rings. The molecule has 3 nitrogen and oxygen atoms in total. The topological polar surface area (TPSA) is 35.0 Å². The van der Waals surface area contributed by atoms with Gasteiger partial charge in [-0.15, -0.1) is 0 Å². The van der Waals surface area contributed by atoms with E-state index in [1.165, 1.54) is 32.8 Å². The Morgan fingerprint density at radius 2 is 0.961 bits per heavy atom. The number of ether oxygens (including phenoxy) is 1. The SMILES string of the molecule is c1ccc(-c2cc(-c3ccc(-c4ccc(-c5ccc6c(c5)-c5cccc7cccc(c57)O6)cc4)c4ccccc34)nc(-c3ccccc3)n2)cc1. The summed E-state index contributed by atoms with van der Waals surface area (Å²) < 4.78 is 6.35. The Hall–Kier alpha value is -6.84. The van der Waals surface area contributed by atoms with E-state index < -0.39 is 0 Å². The van der Waals surface area contributed by atoms with Crippen molar-refractivity contribution in [3.05, 3.63) is 182 Å². The van der Waals surface area contributed by atoms with Gasteiger partial charge in [-0.1, -0.05) is 158 Å². The number of benzene rings is 8. The number of aromatic nitrogens is 2. The van der Waals surface area contributed by atoms with Crippen LogP contribution in [0.3, 0.4) is 0 Å². The third kappa shape index (κ3) is 5.06. The molecule has 0 unspecified atom stereocenters. The zero-order chi connectivity index (χ0) is 33.7. The minimum atomic E-state index is 0.713. The highest BCUT2D eigenvalue weighted by molar-refractivity contribution is 6.06. The van der Waals surface area contributed by atoms with Crippen LogP contribution in [0.2, 0.25) is 0 Å². The molecule has 238 valence electrons. The fourth-order valence-corrected chi connectivity index (χ4v) is 7.42. The summed E-state index contributed by atoms with van der Waals surface area (Å²) in [5.74, 6) is 2.52. The smallest absolute Gasteiger partial charge is 0.160 e. The molecule has 0 saturated heterocycles. The van der Waals surface area contributed by atoms with Crippen molar-refractivity contribution in [3.63, 3.8) is 0 Å². The van der Waals surface area contributed by atoms with E-state index in [9.17, 15) is 0 Å². The van der Waals surface area contributed by atoms with Gasteiger partial charge in [-0.25, -0.2) is 9.97 Å². The minimum absolute atomic E-state index is 0.713. The monoisotopic (exact) mass is 650 g/mol. The molecular weight excluding hydrogens is 621 g/mol. The summed E-state index contributed by atoms with van der Waals surface area (Å²) in [6.07, 6.45) is 0. The second-order valence-corrected chi connectivity index (χ2v) is 13.0. The van der Waals surface area contributed by atoms with Crippen LogP contribution in [0.4, 0.5) is 0 Å². The Morgan fingerprint density at radius 3 is 1.75 bits per heavy atom. The molecule has 2 heterocycles. The van der Waals surface area contributed by atoms with Crippen molar-refractivity contribution >= 4 is 21.5 Å². The molecular formula is C48H30N2O. The van der Waals surface area contributed by atoms with Crippen molar-refractivity contribution < 1.29 is 4.74 Å². The Balaban J connectivity index is 1.04. The third-order valence-corrected chi connectivity index (χ3v) is 9.91. The summed E-state index contributed by atoms with van der Waals surface area (Å²) in [5.41, 5.74) is 11.9. The molecule has 1 aliphatic rings. The second-order valence-electron chi connectivity index (χ2n) is 13.0. The highest BCUT2D eigenvalue weighted by atomic mass is 16.5. The van der Waals surface area contributed by atoms with Gasteiger partial charge in [-0.2, -0.15) is 0 Å². The molecule has 0 aliphatic carbocycles. The third-order valence-electron chi connectivity index (χ3n) is 9.91. The van der Waals surface area contributed by atoms with E-state index in [4.69, 9.17) is 14.7 Å². The maximum Gasteiger partial charge on any atom is 0.160 e. The Morgan fingerprint density at radius 1 is 0.333 bits per heavy atom. The number of hydrogen-bond donors (Lipinski definition) is 0. The standard InChI is InChI=1S/C48H30N2O/c1-3-11-33(12-4-1)43-30-44(50-48(49-43)35-13-5-2-6-14-35)40-27-26-37(38-17-7-8-18-39(38)40)32-23-21-31(22-24-32)36-25-28-45-42(29-36)41-19-9-15-34-16-10-20-46(51-45)47(34)41/h1-30H. The van der Waals surface area contributed by atoms with Crippen LogP contribution in [0, 0.1) is 0 Å². The molecule has 0 atom stereocenters. The lowest BCUT2D eigenvalue weighted by atomic mass is 9.91. The van der Waals surface area contributed by atoms with Gasteiger partial charge < -0.3 is 4.74 Å². The lowest BCUT2D eigenvalue weighted by Crippen LogP contribution is -1.97. The summed E-state index contributed by atoms with van der Waals surface area (Å²) in [4.78, 5) is 10.1. The van der Waals surface area contributed by atoms with Gasteiger partial charge in [0.05, 0.1) is 11.4 Å².